The molecule has 5 nitrogen and oxygen atoms in total. The summed E-state index contributed by atoms with van der Waals surface area (Å²) in [6.07, 6.45) is -1.31. The zero-order chi connectivity index (χ0) is 19.8. The number of pyridine rings is 1. The Balaban J connectivity index is 1.61. The molecule has 10 heteroatoms. The minimum absolute atomic E-state index is 0.0792. The van der Waals surface area contributed by atoms with Crippen molar-refractivity contribution in [3.8, 4) is 0 Å². The Morgan fingerprint density at radius 2 is 1.81 bits per heavy atom. The van der Waals surface area contributed by atoms with Gasteiger partial charge in [0.1, 0.15) is 12.1 Å². The van der Waals surface area contributed by atoms with Crippen LogP contribution in [0, 0.1) is 5.82 Å². The van der Waals surface area contributed by atoms with Crippen LogP contribution in [-0.2, 0) is 15.9 Å². The van der Waals surface area contributed by atoms with Crippen LogP contribution in [0.15, 0.2) is 12.4 Å². The molecule has 2 aromatic rings. The van der Waals surface area contributed by atoms with Crippen LogP contribution in [0.1, 0.15) is 45.7 Å². The van der Waals surface area contributed by atoms with Crippen LogP contribution in [0.25, 0.3) is 10.9 Å². The van der Waals surface area contributed by atoms with Gasteiger partial charge in [0.25, 0.3) is 0 Å². The smallest absolute Gasteiger partial charge is 0.403 e. The van der Waals surface area contributed by atoms with E-state index in [9.17, 15) is 13.2 Å². The molecule has 2 atom stereocenters. The maximum atomic E-state index is 15.0. The van der Waals surface area contributed by atoms with E-state index in [0.29, 0.717) is 11.1 Å². The Kier molecular flexibility index (Phi) is 3.92. The third kappa shape index (κ3) is 3.12. The van der Waals surface area contributed by atoms with Gasteiger partial charge in [0.05, 0.1) is 23.1 Å². The first-order chi connectivity index (χ1) is 12.4. The molecule has 2 fully saturated rings. The summed E-state index contributed by atoms with van der Waals surface area (Å²) in [7, 11) is -0.489. The van der Waals surface area contributed by atoms with E-state index in [2.05, 4.69) is 10.1 Å². The molecule has 1 saturated carbocycles. The highest BCUT2D eigenvalue weighted by Gasteiger charge is 2.60. The number of fused-ring (bicyclic) bond motifs is 1. The summed E-state index contributed by atoms with van der Waals surface area (Å²) >= 11 is 0. The van der Waals surface area contributed by atoms with Gasteiger partial charge in [-0.2, -0.15) is 18.3 Å². The van der Waals surface area contributed by atoms with Crippen LogP contribution in [-0.4, -0.2) is 39.3 Å². The van der Waals surface area contributed by atoms with E-state index in [0.717, 1.165) is 0 Å². The number of hydrogen-bond donors (Lipinski definition) is 0. The molecule has 4 rings (SSSR count). The van der Waals surface area contributed by atoms with Crippen LogP contribution in [0.2, 0.25) is 5.82 Å². The molecular formula is C17H20BF4N3O2. The molecule has 0 radical (unpaired) electrons. The lowest BCUT2D eigenvalue weighted by Gasteiger charge is -2.32. The Bertz CT molecular complexity index is 880. The first-order valence-corrected chi connectivity index (χ1v) is 8.82. The van der Waals surface area contributed by atoms with E-state index in [1.54, 1.807) is 0 Å². The molecule has 0 aromatic carbocycles. The molecule has 27 heavy (non-hydrogen) atoms. The fourth-order valence-electron chi connectivity index (χ4n) is 3.49. The van der Waals surface area contributed by atoms with Gasteiger partial charge in [0, 0.05) is 23.3 Å². The van der Waals surface area contributed by atoms with Gasteiger partial charge in [0.2, 0.25) is 0 Å². The van der Waals surface area contributed by atoms with Gasteiger partial charge in [-0.1, -0.05) is 0 Å². The molecule has 1 saturated heterocycles. The van der Waals surface area contributed by atoms with Gasteiger partial charge in [-0.3, -0.25) is 9.67 Å². The van der Waals surface area contributed by atoms with Crippen molar-refractivity contribution in [2.75, 3.05) is 0 Å². The van der Waals surface area contributed by atoms with Crippen molar-refractivity contribution in [1.82, 2.24) is 14.8 Å². The van der Waals surface area contributed by atoms with Gasteiger partial charge in [0.15, 0.2) is 5.82 Å². The molecular weight excluding hydrogens is 365 g/mol. The maximum absolute atomic E-state index is 15.0. The Labute approximate surface area is 154 Å². The van der Waals surface area contributed by atoms with Gasteiger partial charge in [-0.15, -0.1) is 0 Å². The lowest BCUT2D eigenvalue weighted by atomic mass is 9.80. The number of nitrogens with zero attached hydrogens (tertiary/aromatic N) is 3. The van der Waals surface area contributed by atoms with Crippen molar-refractivity contribution in [3.05, 3.63) is 23.9 Å². The fourth-order valence-corrected chi connectivity index (χ4v) is 3.49. The zero-order valence-corrected chi connectivity index (χ0v) is 15.5. The third-order valence-corrected chi connectivity index (χ3v) is 5.78. The largest absolute Gasteiger partial charge is 0.461 e. The number of rotatable bonds is 3. The quantitative estimate of drug-likeness (QED) is 0.590. The monoisotopic (exact) mass is 385 g/mol. The summed E-state index contributed by atoms with van der Waals surface area (Å²) in [5.41, 5.74) is -1.01. The van der Waals surface area contributed by atoms with E-state index in [1.807, 2.05) is 27.7 Å². The van der Waals surface area contributed by atoms with Crippen molar-refractivity contribution in [3.63, 3.8) is 0 Å². The number of halogens is 4. The zero-order valence-electron chi connectivity index (χ0n) is 15.5. The Morgan fingerprint density at radius 1 is 1.19 bits per heavy atom. The first-order valence-electron chi connectivity index (χ1n) is 8.82. The van der Waals surface area contributed by atoms with Crippen LogP contribution < -0.4 is 0 Å². The number of hydrogen-bond acceptors (Lipinski definition) is 4. The maximum Gasteiger partial charge on any atom is 0.461 e. The average Bonchev–Trinajstić information content (AvgIpc) is 3.14. The number of alkyl halides is 3. The predicted octanol–water partition coefficient (Wildman–Crippen LogP) is 4.08. The highest BCUT2D eigenvalue weighted by atomic mass is 19.4. The van der Waals surface area contributed by atoms with Gasteiger partial charge < -0.3 is 9.31 Å². The standard InChI is InChI=1S/C17H20BF4N3O2/c1-15(2)16(3,4)27-18(26-15)11-5-10(11)13-12(19)14-9(6-23-13)7-24-25(14)8-17(20,21)22/h6-7,10-11H,5,8H2,1-4H3/t10-,11-/m0/s1. The highest BCUT2D eigenvalue weighted by molar-refractivity contribution is 6.49. The highest BCUT2D eigenvalue weighted by Crippen LogP contribution is 2.58. The summed E-state index contributed by atoms with van der Waals surface area (Å²) in [5, 5.41) is 3.91. The molecule has 146 valence electrons. The van der Waals surface area contributed by atoms with Crippen molar-refractivity contribution in [2.45, 2.75) is 69.8 Å². The second kappa shape index (κ2) is 5.67. The van der Waals surface area contributed by atoms with Crippen molar-refractivity contribution in [2.24, 2.45) is 0 Å². The average molecular weight is 385 g/mol. The van der Waals surface area contributed by atoms with Gasteiger partial charge in [-0.25, -0.2) is 4.39 Å². The molecule has 0 bridgehead atoms. The molecule has 0 N–H and O–H groups in total. The Morgan fingerprint density at radius 3 is 2.41 bits per heavy atom. The predicted molar refractivity (Wildman–Crippen MR) is 90.7 cm³/mol. The minimum Gasteiger partial charge on any atom is -0.403 e. The summed E-state index contributed by atoms with van der Waals surface area (Å²) < 4.78 is 65.9. The number of aromatic nitrogens is 3. The van der Waals surface area contributed by atoms with Gasteiger partial charge in [-0.05, 0) is 34.1 Å². The molecule has 3 heterocycles. The van der Waals surface area contributed by atoms with Crippen LogP contribution >= 0.6 is 0 Å². The second-order valence-electron chi connectivity index (χ2n) is 8.31. The second-order valence-corrected chi connectivity index (χ2v) is 8.31. The SMILES string of the molecule is CC1(C)OB([C@H]2C[C@@H]2c2ncc3cnn(CC(F)(F)F)c3c2F)OC1(C)C. The van der Waals surface area contributed by atoms with E-state index < -0.39 is 36.9 Å². The molecule has 2 aromatic heterocycles. The van der Waals surface area contributed by atoms with Crippen molar-refractivity contribution < 1.29 is 26.9 Å². The molecule has 0 unspecified atom stereocenters. The topological polar surface area (TPSA) is 49.2 Å². The van der Waals surface area contributed by atoms with E-state index >= 15 is 4.39 Å². The van der Waals surface area contributed by atoms with Crippen molar-refractivity contribution in [1.29, 1.82) is 0 Å². The van der Waals surface area contributed by atoms with E-state index in [-0.39, 0.29) is 28.3 Å². The summed E-state index contributed by atoms with van der Waals surface area (Å²) in [5.74, 6) is -1.08. The first kappa shape index (κ1) is 18.7. The van der Waals surface area contributed by atoms with Crippen molar-refractivity contribution >= 4 is 18.0 Å². The molecule has 1 aliphatic heterocycles. The summed E-state index contributed by atoms with van der Waals surface area (Å²) in [4.78, 5) is 4.15. The van der Waals surface area contributed by atoms with E-state index in [4.69, 9.17) is 9.31 Å². The van der Waals surface area contributed by atoms with E-state index in [1.165, 1.54) is 12.4 Å². The van der Waals surface area contributed by atoms with Crippen LogP contribution in [0.3, 0.4) is 0 Å². The third-order valence-electron chi connectivity index (χ3n) is 5.78. The van der Waals surface area contributed by atoms with Gasteiger partial charge >= 0.3 is 13.3 Å². The normalized spacial score (nSPS) is 26.7. The fraction of sp³-hybridized carbons (Fsp3) is 0.647. The lowest BCUT2D eigenvalue weighted by molar-refractivity contribution is -0.141. The minimum atomic E-state index is -4.49. The van der Waals surface area contributed by atoms with Crippen LogP contribution in [0.4, 0.5) is 17.6 Å². The lowest BCUT2D eigenvalue weighted by Crippen LogP contribution is -2.41. The summed E-state index contributed by atoms with van der Waals surface area (Å²) in [6, 6.07) is 0. The molecule has 1 aliphatic carbocycles. The molecule has 0 amide bonds. The molecule has 2 aliphatic rings. The molecule has 0 spiro atoms. The Hall–Kier alpha value is -1.68. The summed E-state index contributed by atoms with van der Waals surface area (Å²) in [6.45, 7) is 6.40. The van der Waals surface area contributed by atoms with Crippen LogP contribution in [0.5, 0.6) is 0 Å².